The first-order valence-corrected chi connectivity index (χ1v) is 8.97. The van der Waals surface area contributed by atoms with Gasteiger partial charge in [-0.2, -0.15) is 0 Å². The van der Waals surface area contributed by atoms with Crippen LogP contribution in [0.25, 0.3) is 21.7 Å². The van der Waals surface area contributed by atoms with Gasteiger partial charge in [-0.25, -0.2) is 8.42 Å². The van der Waals surface area contributed by atoms with E-state index in [1.165, 1.54) is 6.08 Å². The molecule has 4 heteroatoms. The first kappa shape index (κ1) is 15.4. The van der Waals surface area contributed by atoms with E-state index in [4.69, 9.17) is 0 Å². The van der Waals surface area contributed by atoms with Crippen LogP contribution in [0.2, 0.25) is 0 Å². The van der Waals surface area contributed by atoms with Crippen LogP contribution < -0.4 is 0 Å². The maximum Gasteiger partial charge on any atom is 0.182 e. The highest BCUT2D eigenvalue weighted by molar-refractivity contribution is 7.91. The molecular weight excluding hydrogens is 306 g/mol. The van der Waals surface area contributed by atoms with Crippen LogP contribution >= 0.6 is 0 Å². The Balaban J connectivity index is 2.54. The van der Waals surface area contributed by atoms with Crippen molar-refractivity contribution in [1.82, 2.24) is 4.98 Å². The molecule has 23 heavy (non-hydrogen) atoms. The minimum atomic E-state index is -3.49. The Kier molecular flexibility index (Phi) is 4.01. The molecule has 0 amide bonds. The minimum absolute atomic E-state index is 0.0977. The molecule has 0 aliphatic rings. The van der Waals surface area contributed by atoms with Crippen molar-refractivity contribution in [2.24, 2.45) is 0 Å². The number of aromatic nitrogens is 1. The molecule has 0 radical (unpaired) electrons. The van der Waals surface area contributed by atoms with Gasteiger partial charge in [-0.3, -0.25) is 4.98 Å². The smallest absolute Gasteiger partial charge is 0.182 e. The Labute approximate surface area is 135 Å². The second-order valence-electron chi connectivity index (χ2n) is 5.36. The molecule has 1 heterocycles. The number of allylic oxidation sites excluding steroid dienone is 1. The molecule has 3 nitrogen and oxygen atoms in total. The number of benzene rings is 2. The molecule has 3 aromatic rings. The monoisotopic (exact) mass is 323 g/mol. The number of rotatable bonds is 5. The van der Waals surface area contributed by atoms with E-state index in [9.17, 15) is 8.42 Å². The highest BCUT2D eigenvalue weighted by atomic mass is 32.2. The maximum absolute atomic E-state index is 12.9. The Bertz CT molecular complexity index is 1020. The van der Waals surface area contributed by atoms with Crippen LogP contribution in [-0.2, 0) is 16.3 Å². The molecule has 0 atom stereocenters. The van der Waals surface area contributed by atoms with Gasteiger partial charge in [0, 0.05) is 17.0 Å². The quantitative estimate of drug-likeness (QED) is 0.525. The topological polar surface area (TPSA) is 47.0 Å². The van der Waals surface area contributed by atoms with Crippen molar-refractivity contribution in [2.45, 2.75) is 11.3 Å². The first-order valence-electron chi connectivity index (χ1n) is 7.32. The lowest BCUT2D eigenvalue weighted by molar-refractivity contribution is 0.599. The molecule has 3 rings (SSSR count). The standard InChI is InChI=1S/C19H17NO2S/c1-3-7-14-10-11-17-18(19(14)23(21,22)12-4-2)16-9-6-5-8-15(16)13-20-17/h3-6,8-11,13H,1-2,7,12H2. The van der Waals surface area contributed by atoms with Crippen molar-refractivity contribution in [2.75, 3.05) is 5.75 Å². The fourth-order valence-corrected chi connectivity index (χ4v) is 4.42. The lowest BCUT2D eigenvalue weighted by atomic mass is 10.0. The Morgan fingerprint density at radius 3 is 2.57 bits per heavy atom. The van der Waals surface area contributed by atoms with Crippen LogP contribution in [-0.4, -0.2) is 19.2 Å². The van der Waals surface area contributed by atoms with Gasteiger partial charge in [-0.15, -0.1) is 13.2 Å². The molecule has 0 unspecified atom stereocenters. The van der Waals surface area contributed by atoms with Gasteiger partial charge in [0.1, 0.15) is 0 Å². The van der Waals surface area contributed by atoms with Crippen molar-refractivity contribution < 1.29 is 8.42 Å². The maximum atomic E-state index is 12.9. The van der Waals surface area contributed by atoms with E-state index >= 15 is 0 Å². The van der Waals surface area contributed by atoms with Crippen LogP contribution in [0.1, 0.15) is 5.56 Å². The van der Waals surface area contributed by atoms with Gasteiger partial charge < -0.3 is 0 Å². The van der Waals surface area contributed by atoms with Gasteiger partial charge in [0.15, 0.2) is 9.84 Å². The molecule has 2 aromatic carbocycles. The Morgan fingerprint density at radius 1 is 1.04 bits per heavy atom. The molecule has 0 spiro atoms. The summed E-state index contributed by atoms with van der Waals surface area (Å²) in [6, 6.07) is 11.4. The third-order valence-corrected chi connectivity index (χ3v) is 5.57. The number of sulfone groups is 1. The van der Waals surface area contributed by atoms with Crippen molar-refractivity contribution in [1.29, 1.82) is 0 Å². The summed E-state index contributed by atoms with van der Waals surface area (Å²) in [6.07, 6.45) is 5.40. The molecular formula is C19H17NO2S. The molecule has 0 saturated carbocycles. The van der Waals surface area contributed by atoms with Crippen molar-refractivity contribution in [3.8, 4) is 0 Å². The highest BCUT2D eigenvalue weighted by Gasteiger charge is 2.22. The fraction of sp³-hybridized carbons (Fsp3) is 0.105. The summed E-state index contributed by atoms with van der Waals surface area (Å²) < 4.78 is 25.7. The Morgan fingerprint density at radius 2 is 1.83 bits per heavy atom. The summed E-state index contributed by atoms with van der Waals surface area (Å²) >= 11 is 0. The Hall–Kier alpha value is -2.46. The van der Waals surface area contributed by atoms with E-state index in [-0.39, 0.29) is 5.75 Å². The van der Waals surface area contributed by atoms with Crippen LogP contribution in [0, 0.1) is 0 Å². The van der Waals surface area contributed by atoms with E-state index < -0.39 is 9.84 Å². The second kappa shape index (κ2) is 5.97. The largest absolute Gasteiger partial charge is 0.256 e. The number of hydrogen-bond acceptors (Lipinski definition) is 3. The predicted octanol–water partition coefficient (Wildman–Crippen LogP) is 4.08. The molecule has 0 saturated heterocycles. The summed E-state index contributed by atoms with van der Waals surface area (Å²) in [7, 11) is -3.49. The van der Waals surface area contributed by atoms with Gasteiger partial charge in [-0.05, 0) is 23.4 Å². The van der Waals surface area contributed by atoms with Crippen molar-refractivity contribution in [3.63, 3.8) is 0 Å². The number of fused-ring (bicyclic) bond motifs is 3. The van der Waals surface area contributed by atoms with Crippen molar-refractivity contribution >= 4 is 31.5 Å². The average Bonchev–Trinajstić information content (AvgIpc) is 2.54. The van der Waals surface area contributed by atoms with Gasteiger partial charge in [0.25, 0.3) is 0 Å². The lowest BCUT2D eigenvalue weighted by Crippen LogP contribution is -2.09. The first-order chi connectivity index (χ1) is 11.1. The average molecular weight is 323 g/mol. The van der Waals surface area contributed by atoms with E-state index in [2.05, 4.69) is 18.1 Å². The normalized spacial score (nSPS) is 11.7. The molecule has 0 bridgehead atoms. The molecule has 0 N–H and O–H groups in total. The summed E-state index contributed by atoms with van der Waals surface area (Å²) in [4.78, 5) is 4.78. The second-order valence-corrected chi connectivity index (χ2v) is 7.33. The van der Waals surface area contributed by atoms with E-state index in [0.29, 0.717) is 22.2 Å². The van der Waals surface area contributed by atoms with Crippen LogP contribution in [0.5, 0.6) is 0 Å². The van der Waals surface area contributed by atoms with Crippen LogP contribution in [0.15, 0.2) is 72.8 Å². The molecule has 0 fully saturated rings. The minimum Gasteiger partial charge on any atom is -0.256 e. The van der Waals surface area contributed by atoms with Gasteiger partial charge in [-0.1, -0.05) is 42.5 Å². The number of nitrogens with zero attached hydrogens (tertiary/aromatic N) is 1. The van der Waals surface area contributed by atoms with Crippen LogP contribution in [0.3, 0.4) is 0 Å². The highest BCUT2D eigenvalue weighted by Crippen LogP contribution is 2.33. The predicted molar refractivity (Wildman–Crippen MR) is 95.4 cm³/mol. The zero-order valence-corrected chi connectivity index (χ0v) is 13.5. The molecule has 1 aromatic heterocycles. The molecule has 0 aliphatic heterocycles. The number of hydrogen-bond donors (Lipinski definition) is 0. The third-order valence-electron chi connectivity index (χ3n) is 3.80. The van der Waals surface area contributed by atoms with Gasteiger partial charge >= 0.3 is 0 Å². The summed E-state index contributed by atoms with van der Waals surface area (Å²) in [5, 5.41) is 2.50. The number of pyridine rings is 1. The van der Waals surface area contributed by atoms with E-state index in [1.807, 2.05) is 36.4 Å². The van der Waals surface area contributed by atoms with Crippen molar-refractivity contribution in [3.05, 3.63) is 73.5 Å². The summed E-state index contributed by atoms with van der Waals surface area (Å²) in [5.41, 5.74) is 1.42. The van der Waals surface area contributed by atoms with E-state index in [0.717, 1.165) is 16.3 Å². The SMILES string of the molecule is C=CCc1ccc2ncc3ccccc3c2c1S(=O)(=O)CC=C. The zero-order chi connectivity index (χ0) is 16.4. The lowest BCUT2D eigenvalue weighted by Gasteiger charge is -2.13. The summed E-state index contributed by atoms with van der Waals surface area (Å²) in [5.74, 6) is -0.0977. The van der Waals surface area contributed by atoms with E-state index in [1.54, 1.807) is 12.3 Å². The zero-order valence-electron chi connectivity index (χ0n) is 12.7. The third kappa shape index (κ3) is 2.66. The molecule has 116 valence electrons. The van der Waals surface area contributed by atoms with Crippen LogP contribution in [0.4, 0.5) is 0 Å². The van der Waals surface area contributed by atoms with Gasteiger partial charge in [0.2, 0.25) is 0 Å². The summed E-state index contributed by atoms with van der Waals surface area (Å²) in [6.45, 7) is 7.31. The van der Waals surface area contributed by atoms with Gasteiger partial charge in [0.05, 0.1) is 16.2 Å². The fourth-order valence-electron chi connectivity index (χ4n) is 2.87. The molecule has 0 aliphatic carbocycles.